The fraction of sp³-hybridized carbons (Fsp3) is 0.217. The van der Waals surface area contributed by atoms with E-state index in [2.05, 4.69) is 10.2 Å². The number of carbonyl (C=O) groups is 2. The predicted octanol–water partition coefficient (Wildman–Crippen LogP) is 4.70. The van der Waals surface area contributed by atoms with Crippen LogP contribution in [-0.2, 0) is 4.79 Å². The molecule has 0 spiro atoms. The van der Waals surface area contributed by atoms with Gasteiger partial charge in [-0.3, -0.25) is 9.59 Å². The summed E-state index contributed by atoms with van der Waals surface area (Å²) in [5.74, 6) is -0.741. The van der Waals surface area contributed by atoms with Crippen LogP contribution in [0.1, 0.15) is 40.6 Å². The third kappa shape index (κ3) is 5.21. The van der Waals surface area contributed by atoms with Crippen molar-refractivity contribution in [2.75, 3.05) is 6.54 Å². The van der Waals surface area contributed by atoms with Gasteiger partial charge in [0.1, 0.15) is 6.04 Å². The van der Waals surface area contributed by atoms with E-state index in [1.54, 1.807) is 36.4 Å². The summed E-state index contributed by atoms with van der Waals surface area (Å²) in [6, 6.07) is 14.7. The molecule has 2 atom stereocenters. The average molecular weight is 506 g/mol. The van der Waals surface area contributed by atoms with Crippen LogP contribution in [0.3, 0.4) is 0 Å². The number of primary amides is 1. The third-order valence-corrected chi connectivity index (χ3v) is 6.17. The van der Waals surface area contributed by atoms with Gasteiger partial charge in [0, 0.05) is 33.2 Å². The maximum absolute atomic E-state index is 12.8. The molecule has 2 aromatic carbocycles. The molecule has 1 saturated heterocycles. The van der Waals surface area contributed by atoms with Gasteiger partial charge in [0.2, 0.25) is 11.8 Å². The van der Waals surface area contributed by atoms with Crippen molar-refractivity contribution >= 4 is 46.6 Å². The van der Waals surface area contributed by atoms with E-state index in [0.29, 0.717) is 40.0 Å². The van der Waals surface area contributed by atoms with Crippen LogP contribution in [0.15, 0.2) is 54.6 Å². The number of hydrogen-bond acceptors (Lipinski definition) is 5. The van der Waals surface area contributed by atoms with E-state index in [1.807, 2.05) is 12.1 Å². The quantitative estimate of drug-likeness (QED) is 0.524. The van der Waals surface area contributed by atoms with Gasteiger partial charge in [-0.25, -0.2) is 0 Å². The first kappa shape index (κ1) is 23.3. The highest BCUT2D eigenvalue weighted by atomic mass is 35.5. The molecule has 2 amide bonds. The number of nitrogens with two attached hydrogens (primary N) is 1. The normalized spacial score (nSPS) is 16.5. The molecule has 7 nitrogen and oxygen atoms in total. The molecule has 1 aliphatic heterocycles. The summed E-state index contributed by atoms with van der Waals surface area (Å²) in [5.41, 5.74) is 6.97. The molecule has 2 N–H and O–H groups in total. The van der Waals surface area contributed by atoms with E-state index >= 15 is 0 Å². The number of amides is 2. The van der Waals surface area contributed by atoms with Crippen molar-refractivity contribution in [3.05, 3.63) is 86.5 Å². The Kier molecular flexibility index (Phi) is 7.02. The van der Waals surface area contributed by atoms with Gasteiger partial charge in [-0.15, -0.1) is 10.2 Å². The molecular formula is C23H19Cl3N4O3. The van der Waals surface area contributed by atoms with E-state index in [1.165, 1.54) is 11.0 Å². The molecule has 0 radical (unpaired) electrons. The highest BCUT2D eigenvalue weighted by Crippen LogP contribution is 2.34. The number of nitrogens with zero attached hydrogens (tertiary/aromatic N) is 3. The maximum Gasteiger partial charge on any atom is 0.275 e. The first-order chi connectivity index (χ1) is 15.8. The first-order valence-corrected chi connectivity index (χ1v) is 11.3. The van der Waals surface area contributed by atoms with Crippen molar-refractivity contribution < 1.29 is 14.3 Å². The Balaban J connectivity index is 1.59. The summed E-state index contributed by atoms with van der Waals surface area (Å²) < 4.78 is 6.12. The zero-order valence-corrected chi connectivity index (χ0v) is 19.5. The molecule has 1 aromatic heterocycles. The SMILES string of the molecule is NC(=O)[C@@H]1CCCN1C(=O)c1ccc(OC(c2ccc(Cl)cc2)c2ccc(Cl)cc2Cl)nn1. The lowest BCUT2D eigenvalue weighted by Gasteiger charge is -2.22. The lowest BCUT2D eigenvalue weighted by Crippen LogP contribution is -2.44. The number of hydrogen-bond donors (Lipinski definition) is 1. The minimum atomic E-state index is -0.628. The largest absolute Gasteiger partial charge is 0.463 e. The van der Waals surface area contributed by atoms with Crippen molar-refractivity contribution in [2.24, 2.45) is 5.73 Å². The molecule has 10 heteroatoms. The van der Waals surface area contributed by atoms with Gasteiger partial charge >= 0.3 is 0 Å². The zero-order valence-electron chi connectivity index (χ0n) is 17.2. The Morgan fingerprint density at radius 1 is 1.00 bits per heavy atom. The van der Waals surface area contributed by atoms with Crippen LogP contribution in [-0.4, -0.2) is 39.5 Å². The first-order valence-electron chi connectivity index (χ1n) is 10.1. The number of aromatic nitrogens is 2. The highest BCUT2D eigenvalue weighted by Gasteiger charge is 2.34. The molecule has 4 rings (SSSR count). The number of benzene rings is 2. The van der Waals surface area contributed by atoms with E-state index in [9.17, 15) is 9.59 Å². The molecule has 1 unspecified atom stereocenters. The van der Waals surface area contributed by atoms with Crippen molar-refractivity contribution in [1.82, 2.24) is 15.1 Å². The molecule has 170 valence electrons. The van der Waals surface area contributed by atoms with Crippen LogP contribution in [0.4, 0.5) is 0 Å². The van der Waals surface area contributed by atoms with Gasteiger partial charge in [0.25, 0.3) is 5.91 Å². The molecule has 33 heavy (non-hydrogen) atoms. The molecule has 0 saturated carbocycles. The number of ether oxygens (including phenoxy) is 1. The van der Waals surface area contributed by atoms with Crippen LogP contribution < -0.4 is 10.5 Å². The second kappa shape index (κ2) is 9.95. The van der Waals surface area contributed by atoms with E-state index in [-0.39, 0.29) is 11.6 Å². The van der Waals surface area contributed by atoms with Crippen molar-refractivity contribution in [2.45, 2.75) is 25.0 Å². The van der Waals surface area contributed by atoms with Crippen LogP contribution in [0.2, 0.25) is 15.1 Å². The molecule has 0 bridgehead atoms. The minimum Gasteiger partial charge on any atom is -0.463 e. The monoisotopic (exact) mass is 504 g/mol. The van der Waals surface area contributed by atoms with Gasteiger partial charge < -0.3 is 15.4 Å². The summed E-state index contributed by atoms with van der Waals surface area (Å²) in [6.07, 6.45) is 0.625. The van der Waals surface area contributed by atoms with Crippen LogP contribution in [0, 0.1) is 0 Å². The topological polar surface area (TPSA) is 98.4 Å². The fourth-order valence-electron chi connectivity index (χ4n) is 3.73. The van der Waals surface area contributed by atoms with Crippen molar-refractivity contribution in [1.29, 1.82) is 0 Å². The second-order valence-corrected chi connectivity index (χ2v) is 8.81. The number of likely N-dealkylation sites (tertiary alicyclic amines) is 1. The Morgan fingerprint density at radius 2 is 1.73 bits per heavy atom. The van der Waals surface area contributed by atoms with Crippen LogP contribution >= 0.6 is 34.8 Å². The molecule has 0 aliphatic carbocycles. The Hall–Kier alpha value is -2.87. The van der Waals surface area contributed by atoms with Gasteiger partial charge in [-0.1, -0.05) is 53.0 Å². The number of rotatable bonds is 6. The van der Waals surface area contributed by atoms with E-state index in [0.717, 1.165) is 5.56 Å². The number of halogens is 3. The van der Waals surface area contributed by atoms with Crippen molar-refractivity contribution in [3.63, 3.8) is 0 Å². The molecular weight excluding hydrogens is 487 g/mol. The smallest absolute Gasteiger partial charge is 0.275 e. The Morgan fingerprint density at radius 3 is 2.36 bits per heavy atom. The molecule has 2 heterocycles. The minimum absolute atomic E-state index is 0.100. The Bertz CT molecular complexity index is 1170. The third-order valence-electron chi connectivity index (χ3n) is 5.36. The van der Waals surface area contributed by atoms with E-state index < -0.39 is 24.0 Å². The predicted molar refractivity (Wildman–Crippen MR) is 126 cm³/mol. The van der Waals surface area contributed by atoms with Gasteiger partial charge in [-0.05, 0) is 48.7 Å². The highest BCUT2D eigenvalue weighted by molar-refractivity contribution is 6.35. The summed E-state index contributed by atoms with van der Waals surface area (Å²) in [6.45, 7) is 0.445. The lowest BCUT2D eigenvalue weighted by molar-refractivity contribution is -0.121. The van der Waals surface area contributed by atoms with Gasteiger partial charge in [-0.2, -0.15) is 0 Å². The summed E-state index contributed by atoms with van der Waals surface area (Å²) in [4.78, 5) is 25.8. The van der Waals surface area contributed by atoms with Crippen LogP contribution in [0.5, 0.6) is 5.88 Å². The fourth-order valence-corrected chi connectivity index (χ4v) is 4.37. The summed E-state index contributed by atoms with van der Waals surface area (Å²) >= 11 is 18.5. The lowest BCUT2D eigenvalue weighted by atomic mass is 10.0. The average Bonchev–Trinajstić information content (AvgIpc) is 3.29. The summed E-state index contributed by atoms with van der Waals surface area (Å²) in [7, 11) is 0. The van der Waals surface area contributed by atoms with Gasteiger partial charge in [0.05, 0.1) is 0 Å². The van der Waals surface area contributed by atoms with Crippen LogP contribution in [0.25, 0.3) is 0 Å². The molecule has 1 aliphatic rings. The Labute approximate surface area is 205 Å². The molecule has 3 aromatic rings. The maximum atomic E-state index is 12.8. The van der Waals surface area contributed by atoms with Crippen molar-refractivity contribution in [3.8, 4) is 5.88 Å². The van der Waals surface area contributed by atoms with Gasteiger partial charge in [0.15, 0.2) is 11.8 Å². The summed E-state index contributed by atoms with van der Waals surface area (Å²) in [5, 5.41) is 9.58. The number of carbonyl (C=O) groups excluding carboxylic acids is 2. The molecule has 1 fully saturated rings. The standard InChI is InChI=1S/C23H19Cl3N4O3/c24-14-5-3-13(4-6-14)21(16-8-7-15(25)12-17(16)26)33-20-10-9-18(28-29-20)23(32)30-11-1-2-19(30)22(27)31/h3-10,12,19,21H,1-2,11H2,(H2,27,31)/t19-,21?/m0/s1. The van der Waals surface area contributed by atoms with E-state index in [4.69, 9.17) is 45.3 Å². The zero-order chi connectivity index (χ0) is 23.5. The second-order valence-electron chi connectivity index (χ2n) is 7.53.